The third-order valence-electron chi connectivity index (χ3n) is 2.09. The minimum Gasteiger partial charge on any atom is -0.613 e. The maximum atomic E-state index is 11.4. The molecule has 2 nitrogen and oxygen atoms in total. The number of carbonyl (C=O) groups is 1. The first-order valence-corrected chi connectivity index (χ1v) is 7.79. The molecule has 0 N–H and O–H groups in total. The van der Waals surface area contributed by atoms with E-state index in [0.717, 1.165) is 10.6 Å². The van der Waals surface area contributed by atoms with Crippen molar-refractivity contribution in [3.05, 3.63) is 12.2 Å². The van der Waals surface area contributed by atoms with E-state index < -0.39 is 14.5 Å². The summed E-state index contributed by atoms with van der Waals surface area (Å²) in [5, 5.41) is 2.13. The second-order valence-electron chi connectivity index (χ2n) is 5.07. The summed E-state index contributed by atoms with van der Waals surface area (Å²) in [5.74, 6) is 1.02. The summed E-state index contributed by atoms with van der Waals surface area (Å²) >= 11 is -1.37. The van der Waals surface area contributed by atoms with E-state index >= 15 is 0 Å². The van der Waals surface area contributed by atoms with Crippen molar-refractivity contribution in [2.45, 2.75) is 45.2 Å². The Balaban J connectivity index is 4.23. The van der Waals surface area contributed by atoms with Gasteiger partial charge in [0.25, 0.3) is 5.97 Å². The maximum Gasteiger partial charge on any atom is 0.549 e. The molecule has 0 aromatic rings. The largest absolute Gasteiger partial charge is 0.613 e. The summed E-state index contributed by atoms with van der Waals surface area (Å²) in [4.78, 5) is 11.4. The van der Waals surface area contributed by atoms with Crippen LogP contribution in [0, 0.1) is 11.8 Å². The Kier molecular flexibility index (Phi) is 6.97. The molecule has 0 atom stereocenters. The molecule has 0 rings (SSSR count). The van der Waals surface area contributed by atoms with Gasteiger partial charge in [-0.3, -0.25) is 4.79 Å². The van der Waals surface area contributed by atoms with Crippen molar-refractivity contribution in [3.63, 3.8) is 0 Å². The molecule has 0 amide bonds. The number of rotatable bonds is 6. The van der Waals surface area contributed by atoms with Crippen LogP contribution in [0.25, 0.3) is 0 Å². The van der Waals surface area contributed by atoms with Crippen molar-refractivity contribution in [2.24, 2.45) is 11.8 Å². The van der Waals surface area contributed by atoms with Gasteiger partial charge in [-0.25, -0.2) is 0 Å². The van der Waals surface area contributed by atoms with Crippen molar-refractivity contribution < 1.29 is 8.58 Å². The molecule has 0 aliphatic carbocycles. The molecule has 0 bridgehead atoms. The van der Waals surface area contributed by atoms with Gasteiger partial charge in [0, 0.05) is 5.57 Å². The molecular weight excluding hydrogens is 203 g/mol. The minimum atomic E-state index is -1.37. The Labute approximate surface area is 98.4 Å². The zero-order chi connectivity index (χ0) is 12.0. The van der Waals surface area contributed by atoms with Gasteiger partial charge in [0.15, 0.2) is 0 Å². The van der Waals surface area contributed by atoms with Crippen LogP contribution in [-0.2, 0) is 8.58 Å². The van der Waals surface area contributed by atoms with E-state index in [1.165, 1.54) is 0 Å². The second-order valence-corrected chi connectivity index (χ2v) is 7.49. The third kappa shape index (κ3) is 7.65. The first-order chi connectivity index (χ1) is 6.82. The smallest absolute Gasteiger partial charge is 0.549 e. The van der Waals surface area contributed by atoms with Crippen LogP contribution in [0.1, 0.15) is 34.6 Å². The fourth-order valence-electron chi connectivity index (χ4n) is 1.50. The first kappa shape index (κ1) is 14.7. The molecule has 0 saturated carbocycles. The van der Waals surface area contributed by atoms with Crippen LogP contribution >= 0.6 is 0 Å². The lowest BCUT2D eigenvalue weighted by atomic mass is 10.3. The Morgan fingerprint density at radius 1 is 1.20 bits per heavy atom. The summed E-state index contributed by atoms with van der Waals surface area (Å²) in [5.41, 5.74) is 0.514. The van der Waals surface area contributed by atoms with E-state index in [2.05, 4.69) is 34.3 Å². The zero-order valence-electron chi connectivity index (χ0n) is 10.7. The van der Waals surface area contributed by atoms with E-state index in [1.807, 2.05) is 0 Å². The van der Waals surface area contributed by atoms with Crippen molar-refractivity contribution in [1.82, 2.24) is 0 Å². The average molecular weight is 226 g/mol. The van der Waals surface area contributed by atoms with Crippen LogP contribution in [0.15, 0.2) is 12.2 Å². The van der Waals surface area contributed by atoms with Gasteiger partial charge < -0.3 is 3.79 Å². The molecule has 0 spiro atoms. The van der Waals surface area contributed by atoms with Crippen LogP contribution in [-0.4, -0.2) is 20.5 Å². The summed E-state index contributed by atoms with van der Waals surface area (Å²) in [6.45, 7) is 14.0. The molecule has 0 heterocycles. The first-order valence-electron chi connectivity index (χ1n) is 5.69. The summed E-state index contributed by atoms with van der Waals surface area (Å²) in [6.07, 6.45) is 0. The van der Waals surface area contributed by atoms with Gasteiger partial charge >= 0.3 is 14.5 Å². The van der Waals surface area contributed by atoms with Crippen LogP contribution in [0.4, 0.5) is 0 Å². The third-order valence-corrected chi connectivity index (χ3v) is 5.58. The molecule has 15 heavy (non-hydrogen) atoms. The van der Waals surface area contributed by atoms with Crippen LogP contribution in [0.2, 0.25) is 10.6 Å². The molecule has 0 aliphatic heterocycles. The molecule has 3 heteroatoms. The quantitative estimate of drug-likeness (QED) is 0.512. The van der Waals surface area contributed by atoms with Gasteiger partial charge in [0.05, 0.1) is 0 Å². The SMILES string of the molecule is C=C(C)C(=O)[O][Al]([CH2]C(C)C)[CH2]C(C)C. The van der Waals surface area contributed by atoms with Crippen molar-refractivity contribution in [2.75, 3.05) is 0 Å². The molecule has 0 aromatic heterocycles. The normalized spacial score (nSPS) is 10.6. The summed E-state index contributed by atoms with van der Waals surface area (Å²) < 4.78 is 5.53. The standard InChI is InChI=1S/C4H6O2.2C4H9.Al/c1-3(2)4(5)6;2*1-4(2)3;/h1H2,2H3,(H,5,6);2*4H,1H2,2-3H3;/q;;;+1/p-1. The van der Waals surface area contributed by atoms with Gasteiger partial charge in [-0.05, 0) is 6.92 Å². The number of hydrogen-bond donors (Lipinski definition) is 0. The predicted octanol–water partition coefficient (Wildman–Crippen LogP) is 3.41. The number of hydrogen-bond acceptors (Lipinski definition) is 2. The highest BCUT2D eigenvalue weighted by Gasteiger charge is 2.27. The molecule has 86 valence electrons. The van der Waals surface area contributed by atoms with Gasteiger partial charge in [0.1, 0.15) is 0 Å². The van der Waals surface area contributed by atoms with Crippen molar-refractivity contribution in [3.8, 4) is 0 Å². The number of carbonyl (C=O) groups excluding carboxylic acids is 1. The lowest BCUT2D eigenvalue weighted by molar-refractivity contribution is -0.130. The minimum absolute atomic E-state index is 0.201. The summed E-state index contributed by atoms with van der Waals surface area (Å²) in [6, 6.07) is 0. The van der Waals surface area contributed by atoms with Crippen LogP contribution < -0.4 is 0 Å². The van der Waals surface area contributed by atoms with E-state index in [4.69, 9.17) is 3.79 Å². The van der Waals surface area contributed by atoms with Gasteiger partial charge in [0.2, 0.25) is 0 Å². The molecule has 0 aromatic carbocycles. The van der Waals surface area contributed by atoms with Crippen molar-refractivity contribution >= 4 is 20.5 Å². The predicted molar refractivity (Wildman–Crippen MR) is 66.0 cm³/mol. The molecule has 0 saturated heterocycles. The maximum absolute atomic E-state index is 11.4. The van der Waals surface area contributed by atoms with Crippen LogP contribution in [0.3, 0.4) is 0 Å². The fourth-order valence-corrected chi connectivity index (χ4v) is 4.49. The van der Waals surface area contributed by atoms with Crippen molar-refractivity contribution in [1.29, 1.82) is 0 Å². The van der Waals surface area contributed by atoms with Crippen LogP contribution in [0.5, 0.6) is 0 Å². The summed E-state index contributed by atoms with van der Waals surface area (Å²) in [7, 11) is 0. The van der Waals surface area contributed by atoms with Gasteiger partial charge in [-0.15, -0.1) is 0 Å². The van der Waals surface area contributed by atoms with E-state index in [1.54, 1.807) is 6.92 Å². The highest BCUT2D eigenvalue weighted by Crippen LogP contribution is 2.16. The van der Waals surface area contributed by atoms with E-state index in [0.29, 0.717) is 17.4 Å². The molecule has 0 radical (unpaired) electrons. The molecule has 0 unspecified atom stereocenters. The monoisotopic (exact) mass is 226 g/mol. The Bertz CT molecular complexity index is 212. The fraction of sp³-hybridized carbons (Fsp3) is 0.750. The lowest BCUT2D eigenvalue weighted by Gasteiger charge is -2.16. The van der Waals surface area contributed by atoms with E-state index in [9.17, 15) is 4.79 Å². The molecule has 0 aliphatic rings. The average Bonchev–Trinajstić information content (AvgIpc) is 2.00. The van der Waals surface area contributed by atoms with Gasteiger partial charge in [-0.2, -0.15) is 0 Å². The Hall–Kier alpha value is -0.258. The highest BCUT2D eigenvalue weighted by molar-refractivity contribution is 6.54. The topological polar surface area (TPSA) is 26.3 Å². The lowest BCUT2D eigenvalue weighted by Crippen LogP contribution is -2.26. The Morgan fingerprint density at radius 2 is 1.60 bits per heavy atom. The molecule has 0 fully saturated rings. The van der Waals surface area contributed by atoms with E-state index in [-0.39, 0.29) is 5.97 Å². The highest BCUT2D eigenvalue weighted by atomic mass is 27.2. The zero-order valence-corrected chi connectivity index (χ0v) is 11.8. The second kappa shape index (κ2) is 7.09. The Morgan fingerprint density at radius 3 is 1.87 bits per heavy atom. The molecular formula is C12H23AlO2. The van der Waals surface area contributed by atoms with Gasteiger partial charge in [-0.1, -0.05) is 56.7 Å².